The number of ether oxygens (including phenoxy) is 1. The average Bonchev–Trinajstić information content (AvgIpc) is 3.47. The van der Waals surface area contributed by atoms with E-state index in [2.05, 4.69) is 32.0 Å². The van der Waals surface area contributed by atoms with Gasteiger partial charge in [-0.2, -0.15) is 0 Å². The summed E-state index contributed by atoms with van der Waals surface area (Å²) in [5.74, 6) is 2.65. The number of rotatable bonds is 9. The van der Waals surface area contributed by atoms with E-state index in [0.717, 1.165) is 26.6 Å². The Morgan fingerprint density at radius 3 is 2.66 bits per heavy atom. The van der Waals surface area contributed by atoms with E-state index in [4.69, 9.17) is 14.1 Å². The van der Waals surface area contributed by atoms with Crippen molar-refractivity contribution in [3.63, 3.8) is 0 Å². The summed E-state index contributed by atoms with van der Waals surface area (Å²) in [6.45, 7) is 4.70. The molecule has 32 heavy (non-hydrogen) atoms. The van der Waals surface area contributed by atoms with Crippen LogP contribution in [0.4, 0.5) is 5.13 Å². The topological polar surface area (TPSA) is 55.6 Å². The number of hydrogen-bond acceptors (Lipinski definition) is 6. The summed E-state index contributed by atoms with van der Waals surface area (Å²) in [5.41, 5.74) is 2.18. The highest BCUT2D eigenvalue weighted by atomic mass is 32.2. The molecule has 0 unspecified atom stereocenters. The second-order valence-corrected chi connectivity index (χ2v) is 9.86. The van der Waals surface area contributed by atoms with E-state index in [0.29, 0.717) is 29.8 Å². The Morgan fingerprint density at radius 1 is 1.16 bits per heavy atom. The Bertz CT molecular complexity index is 1170. The van der Waals surface area contributed by atoms with Crippen LogP contribution in [0.5, 0.6) is 5.75 Å². The smallest absolute Gasteiger partial charge is 0.230 e. The normalized spacial score (nSPS) is 11.2. The zero-order valence-corrected chi connectivity index (χ0v) is 20.0. The van der Waals surface area contributed by atoms with Crippen LogP contribution >= 0.6 is 23.1 Å². The largest absolute Gasteiger partial charge is 0.497 e. The summed E-state index contributed by atoms with van der Waals surface area (Å²) < 4.78 is 11.8. The Balaban J connectivity index is 1.53. The first-order valence-electron chi connectivity index (χ1n) is 10.5. The fourth-order valence-corrected chi connectivity index (χ4v) is 5.28. The van der Waals surface area contributed by atoms with Gasteiger partial charge in [0.15, 0.2) is 5.13 Å². The number of carbonyl (C=O) groups is 1. The molecule has 0 aliphatic rings. The predicted octanol–water partition coefficient (Wildman–Crippen LogP) is 6.74. The molecule has 0 aliphatic heterocycles. The van der Waals surface area contributed by atoms with Gasteiger partial charge in [-0.05, 0) is 53.9 Å². The highest BCUT2D eigenvalue weighted by molar-refractivity contribution is 7.99. The lowest BCUT2D eigenvalue weighted by molar-refractivity contribution is -0.118. The standard InChI is InChI=1S/C25H26N2O3S2/c1-17(2)21-7-4-8-22-24(21)26-25(32-22)27(16-19-6-5-14-30-19)23(28)13-15-31-20-11-9-18(29-3)10-12-20/h4-12,14,17H,13,15-16H2,1-3H3. The third-order valence-corrected chi connectivity index (χ3v) is 7.19. The molecule has 0 saturated heterocycles. The average molecular weight is 467 g/mol. The monoisotopic (exact) mass is 466 g/mol. The van der Waals surface area contributed by atoms with Gasteiger partial charge in [-0.25, -0.2) is 4.98 Å². The molecular weight excluding hydrogens is 440 g/mol. The van der Waals surface area contributed by atoms with Crippen molar-refractivity contribution in [3.05, 3.63) is 72.2 Å². The third kappa shape index (κ3) is 5.16. The first-order valence-corrected chi connectivity index (χ1v) is 12.3. The van der Waals surface area contributed by atoms with Crippen LogP contribution in [0.1, 0.15) is 37.5 Å². The van der Waals surface area contributed by atoms with Crippen LogP contribution in [0, 0.1) is 0 Å². The first kappa shape index (κ1) is 22.4. The fourth-order valence-electron chi connectivity index (χ4n) is 3.42. The van der Waals surface area contributed by atoms with Crippen LogP contribution in [0.15, 0.2) is 70.2 Å². The second kappa shape index (κ2) is 10.2. The molecule has 0 N–H and O–H groups in total. The number of thiazole rings is 1. The molecule has 4 rings (SSSR count). The molecule has 5 nitrogen and oxygen atoms in total. The van der Waals surface area contributed by atoms with Gasteiger partial charge < -0.3 is 9.15 Å². The van der Waals surface area contributed by atoms with Crippen molar-refractivity contribution in [2.24, 2.45) is 0 Å². The van der Waals surface area contributed by atoms with Gasteiger partial charge >= 0.3 is 0 Å². The first-order chi connectivity index (χ1) is 15.5. The van der Waals surface area contributed by atoms with Gasteiger partial charge in [-0.3, -0.25) is 9.69 Å². The van der Waals surface area contributed by atoms with Gasteiger partial charge in [0.05, 0.1) is 30.1 Å². The van der Waals surface area contributed by atoms with Gasteiger partial charge in [0.1, 0.15) is 11.5 Å². The lowest BCUT2D eigenvalue weighted by atomic mass is 10.0. The summed E-state index contributed by atoms with van der Waals surface area (Å²) in [7, 11) is 1.65. The number of furan rings is 1. The molecule has 7 heteroatoms. The highest BCUT2D eigenvalue weighted by Gasteiger charge is 2.22. The molecular formula is C25H26N2O3S2. The Morgan fingerprint density at radius 2 is 1.97 bits per heavy atom. The van der Waals surface area contributed by atoms with Crippen LogP contribution in [-0.4, -0.2) is 23.8 Å². The summed E-state index contributed by atoms with van der Waals surface area (Å²) in [5, 5.41) is 0.712. The number of para-hydroxylation sites is 1. The lowest BCUT2D eigenvalue weighted by Crippen LogP contribution is -2.30. The van der Waals surface area contributed by atoms with Gasteiger partial charge in [0.2, 0.25) is 5.91 Å². The molecule has 4 aromatic rings. The van der Waals surface area contributed by atoms with Crippen molar-refractivity contribution < 1.29 is 13.9 Å². The van der Waals surface area contributed by atoms with Gasteiger partial charge in [-0.15, -0.1) is 11.8 Å². The van der Waals surface area contributed by atoms with Crippen LogP contribution in [-0.2, 0) is 11.3 Å². The number of aromatic nitrogens is 1. The molecule has 0 spiro atoms. The number of carbonyl (C=O) groups excluding carboxylic acids is 1. The summed E-state index contributed by atoms with van der Waals surface area (Å²) >= 11 is 3.21. The van der Waals surface area contributed by atoms with E-state index >= 15 is 0 Å². The Kier molecular flexibility index (Phi) is 7.17. The van der Waals surface area contributed by atoms with Gasteiger partial charge in [0, 0.05) is 17.1 Å². The van der Waals surface area contributed by atoms with Crippen molar-refractivity contribution in [2.45, 2.75) is 37.6 Å². The zero-order valence-electron chi connectivity index (χ0n) is 18.4. The van der Waals surface area contributed by atoms with Gasteiger partial charge in [-0.1, -0.05) is 37.3 Å². The maximum Gasteiger partial charge on any atom is 0.230 e. The molecule has 0 aliphatic carbocycles. The van der Waals surface area contributed by atoms with E-state index < -0.39 is 0 Å². The zero-order chi connectivity index (χ0) is 22.5. The van der Waals surface area contributed by atoms with Gasteiger partial charge in [0.25, 0.3) is 0 Å². The Hall–Kier alpha value is -2.77. The molecule has 1 amide bonds. The number of benzene rings is 2. The van der Waals surface area contributed by atoms with E-state index in [1.165, 1.54) is 5.56 Å². The molecule has 0 fully saturated rings. The number of methoxy groups -OCH3 is 1. The maximum absolute atomic E-state index is 13.3. The number of anilines is 1. The van der Waals surface area contributed by atoms with Crippen molar-refractivity contribution in [1.82, 2.24) is 4.98 Å². The fraction of sp³-hybridized carbons (Fsp3) is 0.280. The summed E-state index contributed by atoms with van der Waals surface area (Å²) in [6.07, 6.45) is 2.04. The van der Waals surface area contributed by atoms with Crippen molar-refractivity contribution in [1.29, 1.82) is 0 Å². The van der Waals surface area contributed by atoms with E-state index in [9.17, 15) is 4.79 Å². The third-order valence-electron chi connectivity index (χ3n) is 5.13. The molecule has 0 radical (unpaired) electrons. The quantitative estimate of drug-likeness (QED) is 0.256. The SMILES string of the molecule is COc1ccc(SCCC(=O)N(Cc2ccco2)c2nc3c(C(C)C)cccc3s2)cc1. The molecule has 2 aromatic heterocycles. The predicted molar refractivity (Wildman–Crippen MR) is 132 cm³/mol. The summed E-state index contributed by atoms with van der Waals surface area (Å²) in [4.78, 5) is 21.0. The number of hydrogen-bond donors (Lipinski definition) is 0. The molecule has 166 valence electrons. The minimum absolute atomic E-state index is 0.0348. The Labute approximate surface area is 196 Å². The molecule has 0 bridgehead atoms. The van der Waals surface area contributed by atoms with Crippen LogP contribution < -0.4 is 9.64 Å². The van der Waals surface area contributed by atoms with Crippen LogP contribution in [0.25, 0.3) is 10.2 Å². The van der Waals surface area contributed by atoms with Crippen molar-refractivity contribution >= 4 is 44.4 Å². The number of thioether (sulfide) groups is 1. The van der Waals surface area contributed by atoms with E-state index in [1.807, 2.05) is 36.4 Å². The maximum atomic E-state index is 13.3. The van der Waals surface area contributed by atoms with E-state index in [1.54, 1.807) is 41.4 Å². The van der Waals surface area contributed by atoms with Crippen LogP contribution in [0.2, 0.25) is 0 Å². The highest BCUT2D eigenvalue weighted by Crippen LogP contribution is 2.34. The number of nitrogens with zero attached hydrogens (tertiary/aromatic N) is 2. The lowest BCUT2D eigenvalue weighted by Gasteiger charge is -2.18. The van der Waals surface area contributed by atoms with E-state index in [-0.39, 0.29) is 5.91 Å². The van der Waals surface area contributed by atoms with Crippen LogP contribution in [0.3, 0.4) is 0 Å². The molecule has 2 heterocycles. The molecule has 2 aromatic carbocycles. The minimum atomic E-state index is 0.0348. The second-order valence-electron chi connectivity index (χ2n) is 7.68. The van der Waals surface area contributed by atoms with Crippen molar-refractivity contribution in [2.75, 3.05) is 17.8 Å². The minimum Gasteiger partial charge on any atom is -0.497 e. The number of amides is 1. The molecule has 0 atom stereocenters. The van der Waals surface area contributed by atoms with Crippen molar-refractivity contribution in [3.8, 4) is 5.75 Å². The summed E-state index contributed by atoms with van der Waals surface area (Å²) in [6, 6.07) is 17.8. The molecule has 0 saturated carbocycles. The number of fused-ring (bicyclic) bond motifs is 1.